The number of carbonyl (C=O) groups is 1. The van der Waals surface area contributed by atoms with Crippen LogP contribution in [0.4, 0.5) is 0 Å². The molecule has 1 atom stereocenters. The minimum atomic E-state index is -1.30. The lowest BCUT2D eigenvalue weighted by molar-refractivity contribution is -0.142. The van der Waals surface area contributed by atoms with E-state index in [0.29, 0.717) is 19.4 Å². The van der Waals surface area contributed by atoms with Crippen LogP contribution in [-0.4, -0.2) is 29.0 Å². The summed E-state index contributed by atoms with van der Waals surface area (Å²) in [5, 5.41) is 8.61. The first-order valence-electron chi connectivity index (χ1n) is 3.35. The molecular formula is C6H13ClN2O2. The molecule has 11 heavy (non-hydrogen) atoms. The van der Waals surface area contributed by atoms with Gasteiger partial charge in [0.1, 0.15) is 5.54 Å². The van der Waals surface area contributed by atoms with Crippen molar-refractivity contribution in [3.63, 3.8) is 0 Å². The van der Waals surface area contributed by atoms with Crippen molar-refractivity contribution in [2.24, 2.45) is 11.5 Å². The maximum absolute atomic E-state index is 10.5. The molecule has 0 aliphatic heterocycles. The fourth-order valence-corrected chi connectivity index (χ4v) is 0.896. The number of alkyl halides is 1. The summed E-state index contributed by atoms with van der Waals surface area (Å²) in [5.74, 6) is -1.15. The van der Waals surface area contributed by atoms with Crippen molar-refractivity contribution in [1.82, 2.24) is 0 Å². The molecule has 0 heterocycles. The summed E-state index contributed by atoms with van der Waals surface area (Å²) in [4.78, 5) is 10.5. The molecule has 0 saturated heterocycles. The third-order valence-corrected chi connectivity index (χ3v) is 1.97. The Kier molecular flexibility index (Phi) is 4.40. The Balaban J connectivity index is 3.99. The van der Waals surface area contributed by atoms with Gasteiger partial charge < -0.3 is 16.6 Å². The van der Waals surface area contributed by atoms with Gasteiger partial charge in [-0.2, -0.15) is 0 Å². The number of hydrogen-bond acceptors (Lipinski definition) is 3. The zero-order chi connectivity index (χ0) is 8.91. The van der Waals surface area contributed by atoms with E-state index in [1.165, 1.54) is 0 Å². The summed E-state index contributed by atoms with van der Waals surface area (Å²) in [6.45, 7) is 0.434. The molecule has 4 nitrogen and oxygen atoms in total. The van der Waals surface area contributed by atoms with Crippen LogP contribution in [0, 0.1) is 0 Å². The van der Waals surface area contributed by atoms with Gasteiger partial charge in [0.2, 0.25) is 0 Å². The Morgan fingerprint density at radius 1 is 1.64 bits per heavy atom. The number of carboxylic acids is 1. The fourth-order valence-electron chi connectivity index (χ4n) is 0.648. The summed E-state index contributed by atoms with van der Waals surface area (Å²) < 4.78 is 0. The van der Waals surface area contributed by atoms with Gasteiger partial charge in [-0.3, -0.25) is 4.79 Å². The van der Waals surface area contributed by atoms with Gasteiger partial charge in [-0.1, -0.05) is 0 Å². The van der Waals surface area contributed by atoms with Crippen LogP contribution in [0.15, 0.2) is 0 Å². The Morgan fingerprint density at radius 2 is 2.18 bits per heavy atom. The molecule has 0 rings (SSSR count). The molecule has 0 bridgehead atoms. The van der Waals surface area contributed by atoms with Crippen molar-refractivity contribution < 1.29 is 9.90 Å². The predicted octanol–water partition coefficient (Wildman–Crippen LogP) is -0.254. The van der Waals surface area contributed by atoms with Gasteiger partial charge >= 0.3 is 5.97 Å². The van der Waals surface area contributed by atoms with Crippen molar-refractivity contribution in [3.8, 4) is 0 Å². The summed E-state index contributed by atoms with van der Waals surface area (Å²) in [6.07, 6.45) is 0.901. The molecule has 66 valence electrons. The third kappa shape index (κ3) is 3.05. The minimum absolute atomic E-state index is 0.0810. The average Bonchev–Trinajstić information content (AvgIpc) is 2.00. The minimum Gasteiger partial charge on any atom is -0.480 e. The molecule has 0 aromatic rings. The van der Waals surface area contributed by atoms with Gasteiger partial charge in [0.15, 0.2) is 0 Å². The molecule has 0 fully saturated rings. The first-order chi connectivity index (χ1) is 5.06. The van der Waals surface area contributed by atoms with E-state index in [9.17, 15) is 4.79 Å². The monoisotopic (exact) mass is 180 g/mol. The van der Waals surface area contributed by atoms with Crippen LogP contribution in [0.3, 0.4) is 0 Å². The lowest BCUT2D eigenvalue weighted by Crippen LogP contribution is -2.50. The summed E-state index contributed by atoms with van der Waals surface area (Å²) in [7, 11) is 0. The number of rotatable bonds is 5. The van der Waals surface area contributed by atoms with E-state index < -0.39 is 11.5 Å². The van der Waals surface area contributed by atoms with Gasteiger partial charge in [-0.25, -0.2) is 0 Å². The smallest absolute Gasteiger partial charge is 0.324 e. The number of carboxylic acid groups (broad SMARTS) is 1. The highest BCUT2D eigenvalue weighted by Gasteiger charge is 2.31. The Bertz CT molecular complexity index is 143. The number of halogens is 1. The van der Waals surface area contributed by atoms with Crippen molar-refractivity contribution in [2.45, 2.75) is 18.4 Å². The lowest BCUT2D eigenvalue weighted by atomic mass is 9.97. The van der Waals surface area contributed by atoms with E-state index in [4.69, 9.17) is 28.2 Å². The standard InChI is InChI=1S/C6H13ClN2O2/c7-4-6(9,5(10)11)2-1-3-8/h1-4,8-9H2,(H,10,11). The van der Waals surface area contributed by atoms with E-state index in [1.54, 1.807) is 0 Å². The van der Waals surface area contributed by atoms with Crippen LogP contribution in [0.1, 0.15) is 12.8 Å². The second kappa shape index (κ2) is 4.54. The molecule has 0 aliphatic carbocycles. The average molecular weight is 181 g/mol. The first-order valence-corrected chi connectivity index (χ1v) is 3.88. The van der Waals surface area contributed by atoms with Gasteiger partial charge in [0.05, 0.1) is 5.88 Å². The van der Waals surface area contributed by atoms with E-state index in [-0.39, 0.29) is 5.88 Å². The van der Waals surface area contributed by atoms with Crippen LogP contribution in [-0.2, 0) is 4.79 Å². The van der Waals surface area contributed by atoms with Gasteiger partial charge in [-0.15, -0.1) is 11.6 Å². The SMILES string of the molecule is NCCCC(N)(CCl)C(=O)O. The molecule has 0 aromatic carbocycles. The van der Waals surface area contributed by atoms with Crippen LogP contribution in [0.5, 0.6) is 0 Å². The largest absolute Gasteiger partial charge is 0.480 e. The van der Waals surface area contributed by atoms with E-state index in [2.05, 4.69) is 0 Å². The lowest BCUT2D eigenvalue weighted by Gasteiger charge is -2.20. The van der Waals surface area contributed by atoms with E-state index in [0.717, 1.165) is 0 Å². The second-order valence-corrected chi connectivity index (χ2v) is 2.75. The Labute approximate surface area is 70.5 Å². The molecule has 0 radical (unpaired) electrons. The molecule has 0 aromatic heterocycles. The van der Waals surface area contributed by atoms with Gasteiger partial charge in [0.25, 0.3) is 0 Å². The van der Waals surface area contributed by atoms with Crippen molar-refractivity contribution >= 4 is 17.6 Å². The molecule has 5 N–H and O–H groups in total. The van der Waals surface area contributed by atoms with Crippen LogP contribution in [0.2, 0.25) is 0 Å². The third-order valence-electron chi connectivity index (χ3n) is 1.49. The zero-order valence-electron chi connectivity index (χ0n) is 6.22. The Morgan fingerprint density at radius 3 is 2.45 bits per heavy atom. The maximum Gasteiger partial charge on any atom is 0.324 e. The highest BCUT2D eigenvalue weighted by atomic mass is 35.5. The first kappa shape index (κ1) is 10.7. The zero-order valence-corrected chi connectivity index (χ0v) is 6.97. The van der Waals surface area contributed by atoms with Gasteiger partial charge in [-0.05, 0) is 19.4 Å². The molecular weight excluding hydrogens is 168 g/mol. The molecule has 0 amide bonds. The van der Waals surface area contributed by atoms with E-state index >= 15 is 0 Å². The highest BCUT2D eigenvalue weighted by Crippen LogP contribution is 2.11. The van der Waals surface area contributed by atoms with Crippen LogP contribution >= 0.6 is 11.6 Å². The molecule has 0 spiro atoms. The maximum atomic E-state index is 10.5. The van der Waals surface area contributed by atoms with Crippen molar-refractivity contribution in [3.05, 3.63) is 0 Å². The highest BCUT2D eigenvalue weighted by molar-refractivity contribution is 6.20. The normalized spacial score (nSPS) is 15.9. The summed E-state index contributed by atoms with van der Waals surface area (Å²) in [6, 6.07) is 0. The second-order valence-electron chi connectivity index (χ2n) is 2.49. The summed E-state index contributed by atoms with van der Waals surface area (Å²) >= 11 is 5.39. The topological polar surface area (TPSA) is 89.3 Å². The number of aliphatic carboxylic acids is 1. The van der Waals surface area contributed by atoms with Crippen molar-refractivity contribution in [2.75, 3.05) is 12.4 Å². The van der Waals surface area contributed by atoms with Crippen molar-refractivity contribution in [1.29, 1.82) is 0 Å². The molecule has 0 aliphatic rings. The number of hydrogen-bond donors (Lipinski definition) is 3. The van der Waals surface area contributed by atoms with E-state index in [1.807, 2.05) is 0 Å². The quantitative estimate of drug-likeness (QED) is 0.509. The Hall–Kier alpha value is -0.320. The predicted molar refractivity (Wildman–Crippen MR) is 43.6 cm³/mol. The van der Waals surface area contributed by atoms with Crippen LogP contribution < -0.4 is 11.5 Å². The van der Waals surface area contributed by atoms with Crippen LogP contribution in [0.25, 0.3) is 0 Å². The van der Waals surface area contributed by atoms with Gasteiger partial charge in [0, 0.05) is 0 Å². The fraction of sp³-hybridized carbons (Fsp3) is 0.833. The summed E-state index contributed by atoms with van der Waals surface area (Å²) in [5.41, 5.74) is 9.33. The number of nitrogens with two attached hydrogens (primary N) is 2. The molecule has 1 unspecified atom stereocenters. The molecule has 0 saturated carbocycles. The molecule has 5 heteroatoms.